The summed E-state index contributed by atoms with van der Waals surface area (Å²) in [6, 6.07) is 6.57. The van der Waals surface area contributed by atoms with Crippen molar-refractivity contribution in [3.8, 4) is 0 Å². The molecule has 1 aromatic rings. The SMILES string of the molecule is C=CC(C)(C)OCCCOS(=O)(=O)c1ccc(C)cc1. The zero-order valence-electron chi connectivity index (χ0n) is 12.3. The van der Waals surface area contributed by atoms with Gasteiger partial charge in [0.1, 0.15) is 0 Å². The molecule has 0 N–H and O–H groups in total. The highest BCUT2D eigenvalue weighted by molar-refractivity contribution is 7.86. The number of rotatable bonds is 8. The van der Waals surface area contributed by atoms with E-state index in [4.69, 9.17) is 8.92 Å². The van der Waals surface area contributed by atoms with E-state index in [1.165, 1.54) is 0 Å². The normalized spacial score (nSPS) is 12.3. The second-order valence-electron chi connectivity index (χ2n) is 5.10. The van der Waals surface area contributed by atoms with Gasteiger partial charge in [0.25, 0.3) is 10.1 Å². The minimum absolute atomic E-state index is 0.101. The summed E-state index contributed by atoms with van der Waals surface area (Å²) in [7, 11) is -3.67. The molecular formula is C15H22O4S. The van der Waals surface area contributed by atoms with Gasteiger partial charge in [0.05, 0.1) is 17.1 Å². The van der Waals surface area contributed by atoms with E-state index in [9.17, 15) is 8.42 Å². The van der Waals surface area contributed by atoms with Gasteiger partial charge in [-0.2, -0.15) is 8.42 Å². The van der Waals surface area contributed by atoms with Crippen LogP contribution in [0.1, 0.15) is 25.8 Å². The molecule has 0 radical (unpaired) electrons. The lowest BCUT2D eigenvalue weighted by molar-refractivity contribution is 0.0143. The predicted octanol–water partition coefficient (Wildman–Crippen LogP) is 3.07. The van der Waals surface area contributed by atoms with Crippen LogP contribution in [0.15, 0.2) is 41.8 Å². The highest BCUT2D eigenvalue weighted by Gasteiger charge is 2.15. The van der Waals surface area contributed by atoms with Gasteiger partial charge in [-0.3, -0.25) is 4.18 Å². The van der Waals surface area contributed by atoms with Crippen molar-refractivity contribution in [2.45, 2.75) is 37.7 Å². The van der Waals surface area contributed by atoms with Crippen LogP contribution in [0.2, 0.25) is 0 Å². The molecule has 0 amide bonds. The van der Waals surface area contributed by atoms with E-state index < -0.39 is 15.7 Å². The summed E-state index contributed by atoms with van der Waals surface area (Å²) in [4.78, 5) is 0.176. The molecule has 0 aliphatic heterocycles. The lowest BCUT2D eigenvalue weighted by Gasteiger charge is -2.20. The molecule has 0 heterocycles. The van der Waals surface area contributed by atoms with E-state index in [-0.39, 0.29) is 11.5 Å². The summed E-state index contributed by atoms with van der Waals surface area (Å²) in [5.74, 6) is 0. The molecule has 0 aromatic heterocycles. The van der Waals surface area contributed by atoms with Crippen LogP contribution < -0.4 is 0 Å². The molecule has 0 atom stereocenters. The first-order valence-electron chi connectivity index (χ1n) is 6.50. The Morgan fingerprint density at radius 3 is 2.35 bits per heavy atom. The molecular weight excluding hydrogens is 276 g/mol. The van der Waals surface area contributed by atoms with Crippen molar-refractivity contribution in [3.05, 3.63) is 42.5 Å². The van der Waals surface area contributed by atoms with Gasteiger partial charge in [-0.25, -0.2) is 0 Å². The Balaban J connectivity index is 2.41. The van der Waals surface area contributed by atoms with Crippen LogP contribution in [-0.4, -0.2) is 27.2 Å². The molecule has 1 rings (SSSR count). The molecule has 0 bridgehead atoms. The van der Waals surface area contributed by atoms with Gasteiger partial charge in [-0.05, 0) is 39.3 Å². The fourth-order valence-electron chi connectivity index (χ4n) is 1.39. The van der Waals surface area contributed by atoms with E-state index in [1.807, 2.05) is 20.8 Å². The van der Waals surface area contributed by atoms with Crippen molar-refractivity contribution in [2.24, 2.45) is 0 Å². The molecule has 4 nitrogen and oxygen atoms in total. The Morgan fingerprint density at radius 1 is 1.20 bits per heavy atom. The Bertz CT molecular complexity index is 529. The molecule has 0 aliphatic rings. The van der Waals surface area contributed by atoms with Gasteiger partial charge in [0.15, 0.2) is 0 Å². The summed E-state index contributed by atoms with van der Waals surface area (Å²) >= 11 is 0. The van der Waals surface area contributed by atoms with Crippen LogP contribution in [0.3, 0.4) is 0 Å². The van der Waals surface area contributed by atoms with E-state index in [2.05, 4.69) is 6.58 Å². The lowest BCUT2D eigenvalue weighted by atomic mass is 10.1. The van der Waals surface area contributed by atoms with E-state index in [1.54, 1.807) is 30.3 Å². The largest absolute Gasteiger partial charge is 0.371 e. The minimum Gasteiger partial charge on any atom is -0.371 e. The zero-order chi connectivity index (χ0) is 15.2. The van der Waals surface area contributed by atoms with E-state index >= 15 is 0 Å². The number of benzene rings is 1. The maximum atomic E-state index is 11.9. The van der Waals surface area contributed by atoms with Crippen LogP contribution in [0, 0.1) is 6.92 Å². The monoisotopic (exact) mass is 298 g/mol. The first-order valence-corrected chi connectivity index (χ1v) is 7.91. The van der Waals surface area contributed by atoms with Gasteiger partial charge in [-0.1, -0.05) is 23.8 Å². The van der Waals surface area contributed by atoms with Crippen molar-refractivity contribution < 1.29 is 17.3 Å². The van der Waals surface area contributed by atoms with Gasteiger partial charge in [0, 0.05) is 6.61 Å². The van der Waals surface area contributed by atoms with Crippen molar-refractivity contribution in [2.75, 3.05) is 13.2 Å². The van der Waals surface area contributed by atoms with Crippen molar-refractivity contribution in [3.63, 3.8) is 0 Å². The smallest absolute Gasteiger partial charge is 0.296 e. The lowest BCUT2D eigenvalue weighted by Crippen LogP contribution is -2.22. The van der Waals surface area contributed by atoms with E-state index in [0.717, 1.165) is 5.56 Å². The summed E-state index contributed by atoms with van der Waals surface area (Å²) in [6.07, 6.45) is 2.21. The Labute approximate surface area is 121 Å². The van der Waals surface area contributed by atoms with Crippen LogP contribution >= 0.6 is 0 Å². The van der Waals surface area contributed by atoms with Crippen LogP contribution in [0.25, 0.3) is 0 Å². The van der Waals surface area contributed by atoms with Crippen molar-refractivity contribution in [1.82, 2.24) is 0 Å². The molecule has 0 saturated heterocycles. The number of hydrogen-bond acceptors (Lipinski definition) is 4. The highest BCUT2D eigenvalue weighted by Crippen LogP contribution is 2.14. The van der Waals surface area contributed by atoms with E-state index in [0.29, 0.717) is 13.0 Å². The maximum absolute atomic E-state index is 11.9. The third kappa shape index (κ3) is 5.45. The molecule has 112 valence electrons. The Kier molecular flexibility index (Phi) is 5.92. The third-order valence-electron chi connectivity index (χ3n) is 2.80. The predicted molar refractivity (Wildman–Crippen MR) is 79.2 cm³/mol. The fourth-order valence-corrected chi connectivity index (χ4v) is 2.34. The van der Waals surface area contributed by atoms with Crippen LogP contribution in [0.4, 0.5) is 0 Å². The first-order chi connectivity index (χ1) is 9.27. The quantitative estimate of drug-likeness (QED) is 0.420. The summed E-state index contributed by atoms with van der Waals surface area (Å²) in [5.41, 5.74) is 0.597. The average Bonchev–Trinajstić information content (AvgIpc) is 2.38. The molecule has 0 saturated carbocycles. The van der Waals surface area contributed by atoms with Gasteiger partial charge in [0.2, 0.25) is 0 Å². The van der Waals surface area contributed by atoms with Gasteiger partial charge < -0.3 is 4.74 Å². The Hall–Kier alpha value is -1.17. The maximum Gasteiger partial charge on any atom is 0.296 e. The number of ether oxygens (including phenoxy) is 1. The number of aryl methyl sites for hydroxylation is 1. The summed E-state index contributed by atoms with van der Waals surface area (Å²) < 4.78 is 34.3. The fraction of sp³-hybridized carbons (Fsp3) is 0.467. The molecule has 0 fully saturated rings. The summed E-state index contributed by atoms with van der Waals surface area (Å²) in [5, 5.41) is 0. The summed E-state index contributed by atoms with van der Waals surface area (Å²) in [6.45, 7) is 9.87. The van der Waals surface area contributed by atoms with Crippen LogP contribution in [-0.2, 0) is 19.0 Å². The zero-order valence-corrected chi connectivity index (χ0v) is 13.1. The average molecular weight is 298 g/mol. The molecule has 0 aliphatic carbocycles. The van der Waals surface area contributed by atoms with Crippen molar-refractivity contribution >= 4 is 10.1 Å². The molecule has 20 heavy (non-hydrogen) atoms. The van der Waals surface area contributed by atoms with Crippen molar-refractivity contribution in [1.29, 1.82) is 0 Å². The first kappa shape index (κ1) is 16.9. The molecule has 5 heteroatoms. The van der Waals surface area contributed by atoms with Gasteiger partial charge in [-0.15, -0.1) is 6.58 Å². The standard InChI is InChI=1S/C15H22O4S/c1-5-15(3,4)18-11-6-12-19-20(16,17)14-9-7-13(2)8-10-14/h5,7-10H,1,6,11-12H2,2-4H3. The number of hydrogen-bond donors (Lipinski definition) is 0. The highest BCUT2D eigenvalue weighted by atomic mass is 32.2. The second-order valence-corrected chi connectivity index (χ2v) is 6.71. The molecule has 0 spiro atoms. The topological polar surface area (TPSA) is 52.6 Å². The molecule has 0 unspecified atom stereocenters. The van der Waals surface area contributed by atoms with Gasteiger partial charge >= 0.3 is 0 Å². The Morgan fingerprint density at radius 2 is 1.80 bits per heavy atom. The minimum atomic E-state index is -3.67. The van der Waals surface area contributed by atoms with Crippen LogP contribution in [0.5, 0.6) is 0 Å². The molecule has 1 aromatic carbocycles. The third-order valence-corrected chi connectivity index (χ3v) is 4.13. The second kappa shape index (κ2) is 7.02.